The molecule has 1 fully saturated rings. The first-order valence-corrected chi connectivity index (χ1v) is 19.6. The zero-order chi connectivity index (χ0) is 37.6. The van der Waals surface area contributed by atoms with Crippen molar-refractivity contribution in [2.45, 2.75) is 90.0 Å². The van der Waals surface area contributed by atoms with Crippen molar-refractivity contribution in [2.75, 3.05) is 24.4 Å². The Morgan fingerprint density at radius 1 is 0.943 bits per heavy atom. The molecule has 0 bridgehead atoms. The molecule has 6 rings (SSSR count). The van der Waals surface area contributed by atoms with E-state index < -0.39 is 21.7 Å². The summed E-state index contributed by atoms with van der Waals surface area (Å²) in [6.07, 6.45) is 2.95. The Morgan fingerprint density at radius 3 is 2.38 bits per heavy atom. The number of piperidine rings is 1. The first kappa shape index (κ1) is 37.7. The quantitative estimate of drug-likeness (QED) is 0.141. The molecule has 1 N–H and O–H groups in total. The molecule has 12 nitrogen and oxygen atoms in total. The number of benzene rings is 3. The van der Waals surface area contributed by atoms with Gasteiger partial charge in [-0.25, -0.2) is 13.2 Å². The number of nitrogens with one attached hydrogen (secondary N) is 1. The lowest BCUT2D eigenvalue weighted by Gasteiger charge is -2.35. The smallest absolute Gasteiger partial charge is 0.410 e. The second-order valence-electron chi connectivity index (χ2n) is 13.5. The molecule has 280 valence electrons. The highest BCUT2D eigenvalue weighted by atomic mass is 32.2. The van der Waals surface area contributed by atoms with Crippen LogP contribution in [-0.4, -0.2) is 66.4 Å². The monoisotopic (exact) mass is 741 g/mol. The Hall–Kier alpha value is -5.01. The van der Waals surface area contributed by atoms with E-state index >= 15 is 0 Å². The SMILES string of the molecule is CCCCC1=NC2(CCN(C(=O)OCc3ccccc3)CC2)C(=O)N1Cc1ccc(-c2ccccc2S(=O)(=O)Nc2noc(C)c2C)c(COCC)c1. The Kier molecular flexibility index (Phi) is 11.6. The summed E-state index contributed by atoms with van der Waals surface area (Å²) < 4.78 is 46.6. The van der Waals surface area contributed by atoms with E-state index in [1.54, 1.807) is 47.9 Å². The topological polar surface area (TPSA) is 144 Å². The van der Waals surface area contributed by atoms with Gasteiger partial charge in [0.1, 0.15) is 23.7 Å². The van der Waals surface area contributed by atoms with Crippen molar-refractivity contribution in [2.24, 2.45) is 4.99 Å². The molecule has 0 radical (unpaired) electrons. The van der Waals surface area contributed by atoms with Crippen molar-refractivity contribution in [3.05, 3.63) is 101 Å². The van der Waals surface area contributed by atoms with Gasteiger partial charge in [0.2, 0.25) is 0 Å². The number of amidine groups is 1. The van der Waals surface area contributed by atoms with Crippen molar-refractivity contribution in [3.63, 3.8) is 0 Å². The van der Waals surface area contributed by atoms with Gasteiger partial charge in [-0.2, -0.15) is 0 Å². The predicted molar refractivity (Wildman–Crippen MR) is 202 cm³/mol. The molecule has 3 aromatic carbocycles. The molecule has 0 saturated carbocycles. The number of ether oxygens (including phenoxy) is 2. The lowest BCUT2D eigenvalue weighted by molar-refractivity contribution is -0.133. The number of hydrogen-bond donors (Lipinski definition) is 1. The van der Waals surface area contributed by atoms with Crippen molar-refractivity contribution in [1.29, 1.82) is 0 Å². The molecule has 0 unspecified atom stereocenters. The van der Waals surface area contributed by atoms with E-state index in [1.807, 2.05) is 55.5 Å². The Labute approximate surface area is 311 Å². The zero-order valence-electron chi connectivity index (χ0n) is 30.8. The number of aliphatic imine (C=N–C) groups is 1. The molecule has 53 heavy (non-hydrogen) atoms. The van der Waals surface area contributed by atoms with Gasteiger partial charge in [0, 0.05) is 37.2 Å². The third-order valence-corrected chi connectivity index (χ3v) is 11.3. The Morgan fingerprint density at radius 2 is 1.68 bits per heavy atom. The first-order chi connectivity index (χ1) is 25.5. The van der Waals surface area contributed by atoms with E-state index in [4.69, 9.17) is 19.0 Å². The lowest BCUT2D eigenvalue weighted by Crippen LogP contribution is -2.51. The van der Waals surface area contributed by atoms with Crippen LogP contribution in [-0.2, 0) is 44.1 Å². The number of aryl methyl sites for hydroxylation is 1. The van der Waals surface area contributed by atoms with Crippen LogP contribution in [0.15, 0.2) is 87.2 Å². The molecule has 1 spiro atoms. The van der Waals surface area contributed by atoms with Crippen LogP contribution in [0.25, 0.3) is 11.1 Å². The number of carbonyl (C=O) groups excluding carboxylic acids is 2. The number of amides is 2. The van der Waals surface area contributed by atoms with Crippen LogP contribution in [0.2, 0.25) is 0 Å². The Bertz CT molecular complexity index is 2070. The first-order valence-electron chi connectivity index (χ1n) is 18.2. The van der Waals surface area contributed by atoms with Crippen LogP contribution in [0.4, 0.5) is 10.6 Å². The number of carbonyl (C=O) groups is 2. The molecule has 2 aliphatic rings. The lowest BCUT2D eigenvalue weighted by atomic mass is 9.87. The van der Waals surface area contributed by atoms with Crippen LogP contribution < -0.4 is 4.72 Å². The number of unbranched alkanes of at least 4 members (excludes halogenated alkanes) is 1. The number of aromatic nitrogens is 1. The predicted octanol–water partition coefficient (Wildman–Crippen LogP) is 7.40. The number of hydrogen-bond acceptors (Lipinski definition) is 9. The normalized spacial score (nSPS) is 15.5. The molecule has 1 saturated heterocycles. The third kappa shape index (κ3) is 8.31. The maximum atomic E-state index is 14.3. The number of nitrogens with zero attached hydrogens (tertiary/aromatic N) is 4. The minimum Gasteiger partial charge on any atom is -0.445 e. The molecular formula is C40H47N5O7S. The summed E-state index contributed by atoms with van der Waals surface area (Å²) in [7, 11) is -4.05. The molecule has 2 amide bonds. The maximum absolute atomic E-state index is 14.3. The van der Waals surface area contributed by atoms with Crippen LogP contribution in [0.3, 0.4) is 0 Å². The van der Waals surface area contributed by atoms with Gasteiger partial charge in [0.05, 0.1) is 18.0 Å². The van der Waals surface area contributed by atoms with Gasteiger partial charge < -0.3 is 18.9 Å². The van der Waals surface area contributed by atoms with Crippen molar-refractivity contribution >= 4 is 33.7 Å². The van der Waals surface area contributed by atoms with Crippen LogP contribution in [0.5, 0.6) is 0 Å². The van der Waals surface area contributed by atoms with Gasteiger partial charge in [-0.3, -0.25) is 19.4 Å². The average molecular weight is 742 g/mol. The molecule has 2 aliphatic heterocycles. The summed E-state index contributed by atoms with van der Waals surface area (Å²) in [4.78, 5) is 35.8. The third-order valence-electron chi connectivity index (χ3n) is 9.93. The van der Waals surface area contributed by atoms with E-state index in [0.717, 1.165) is 35.4 Å². The number of sulfonamides is 1. The van der Waals surface area contributed by atoms with Crippen molar-refractivity contribution < 1.29 is 32.0 Å². The summed E-state index contributed by atoms with van der Waals surface area (Å²) in [5.41, 5.74) is 3.47. The minimum atomic E-state index is -4.05. The van der Waals surface area contributed by atoms with Crippen molar-refractivity contribution in [1.82, 2.24) is 15.0 Å². The summed E-state index contributed by atoms with van der Waals surface area (Å²) in [6.45, 7) is 9.43. The summed E-state index contributed by atoms with van der Waals surface area (Å²) in [5.74, 6) is 1.37. The maximum Gasteiger partial charge on any atom is 0.410 e. The van der Waals surface area contributed by atoms with E-state index in [9.17, 15) is 18.0 Å². The second-order valence-corrected chi connectivity index (χ2v) is 15.2. The van der Waals surface area contributed by atoms with Gasteiger partial charge >= 0.3 is 6.09 Å². The zero-order valence-corrected chi connectivity index (χ0v) is 31.6. The van der Waals surface area contributed by atoms with E-state index in [0.29, 0.717) is 68.0 Å². The fraction of sp³-hybridized carbons (Fsp3) is 0.400. The van der Waals surface area contributed by atoms with Crippen LogP contribution in [0.1, 0.15) is 74.0 Å². The second kappa shape index (κ2) is 16.3. The van der Waals surface area contributed by atoms with E-state index in [1.165, 1.54) is 0 Å². The molecule has 13 heteroatoms. The average Bonchev–Trinajstić information content (AvgIpc) is 3.61. The molecule has 0 aliphatic carbocycles. The Balaban J connectivity index is 1.22. The van der Waals surface area contributed by atoms with Crippen LogP contribution in [0, 0.1) is 13.8 Å². The molecule has 0 atom stereocenters. The van der Waals surface area contributed by atoms with Gasteiger partial charge in [-0.15, -0.1) is 0 Å². The van der Waals surface area contributed by atoms with E-state index in [2.05, 4.69) is 16.8 Å². The summed E-state index contributed by atoms with van der Waals surface area (Å²) >= 11 is 0. The number of likely N-dealkylation sites (tertiary alicyclic amines) is 1. The van der Waals surface area contributed by atoms with Gasteiger partial charge in [-0.05, 0) is 68.4 Å². The largest absolute Gasteiger partial charge is 0.445 e. The highest BCUT2D eigenvalue weighted by Crippen LogP contribution is 2.37. The number of rotatable bonds is 14. The summed E-state index contributed by atoms with van der Waals surface area (Å²) in [5, 5.41) is 3.89. The van der Waals surface area contributed by atoms with Crippen LogP contribution >= 0.6 is 0 Å². The highest BCUT2D eigenvalue weighted by molar-refractivity contribution is 7.92. The molecular weight excluding hydrogens is 695 g/mol. The fourth-order valence-electron chi connectivity index (χ4n) is 6.75. The number of anilines is 1. The highest BCUT2D eigenvalue weighted by Gasteiger charge is 2.50. The van der Waals surface area contributed by atoms with E-state index in [-0.39, 0.29) is 29.8 Å². The van der Waals surface area contributed by atoms with Gasteiger partial charge in [0.15, 0.2) is 5.82 Å². The van der Waals surface area contributed by atoms with Crippen molar-refractivity contribution in [3.8, 4) is 11.1 Å². The van der Waals surface area contributed by atoms with Gasteiger partial charge in [-0.1, -0.05) is 85.2 Å². The molecule has 1 aromatic heterocycles. The fourth-order valence-corrected chi connectivity index (χ4v) is 8.03. The standard InChI is InChI=1S/C40H47N5O7S/c1-5-7-17-36-41-40(20-22-44(23-21-40)39(47)51-26-30-13-9-8-10-14-30)38(46)45(36)25-31-18-19-33(32(24-31)27-50-6-2)34-15-11-12-16-35(34)53(48,49)43-37-28(3)29(4)52-42-37/h8-16,18-19,24H,5-7,17,20-23,25-27H2,1-4H3,(H,42,43). The van der Waals surface area contributed by atoms with Gasteiger partial charge in [0.25, 0.3) is 15.9 Å². The molecule has 3 heterocycles. The molecule has 4 aromatic rings. The minimum absolute atomic E-state index is 0.0581. The summed E-state index contributed by atoms with van der Waals surface area (Å²) in [6, 6.07) is 22.2.